The van der Waals surface area contributed by atoms with Crippen LogP contribution in [0.2, 0.25) is 0 Å². The molecule has 1 atom stereocenters. The minimum absolute atomic E-state index is 0.276. The largest absolute Gasteiger partial charge is 0.345 e. The lowest BCUT2D eigenvalue weighted by molar-refractivity contribution is 0.478. The van der Waals surface area contributed by atoms with Crippen LogP contribution in [-0.2, 0) is 6.42 Å². The normalized spacial score (nSPS) is 25.0. The molecule has 2 aliphatic rings. The molecule has 0 amide bonds. The van der Waals surface area contributed by atoms with E-state index in [1.165, 1.54) is 42.6 Å². The van der Waals surface area contributed by atoms with Gasteiger partial charge in [-0.1, -0.05) is 12.2 Å². The first-order valence-corrected chi connectivity index (χ1v) is 6.38. The lowest BCUT2D eigenvalue weighted by Crippen LogP contribution is -2.19. The van der Waals surface area contributed by atoms with Gasteiger partial charge in [0.1, 0.15) is 0 Å². The van der Waals surface area contributed by atoms with Crippen LogP contribution >= 0.6 is 0 Å². The molecular weight excluding hydrogens is 196 g/mol. The van der Waals surface area contributed by atoms with Crippen molar-refractivity contribution in [3.8, 4) is 0 Å². The quantitative estimate of drug-likeness (QED) is 0.719. The fraction of sp³-hybridized carbons (Fsp3) is 0.571. The van der Waals surface area contributed by atoms with Crippen molar-refractivity contribution in [3.05, 3.63) is 35.2 Å². The van der Waals surface area contributed by atoms with E-state index < -0.39 is 0 Å². The first-order valence-electron chi connectivity index (χ1n) is 6.38. The summed E-state index contributed by atoms with van der Waals surface area (Å²) in [6.07, 6.45) is 10.6. The van der Waals surface area contributed by atoms with Crippen LogP contribution in [0.25, 0.3) is 0 Å². The number of aryl methyl sites for hydroxylation is 1. The van der Waals surface area contributed by atoms with Crippen LogP contribution in [0.4, 0.5) is 0 Å². The van der Waals surface area contributed by atoms with Gasteiger partial charge in [-0.15, -0.1) is 0 Å². The number of hydrogen-bond donors (Lipinski definition) is 1. The van der Waals surface area contributed by atoms with E-state index in [0.717, 1.165) is 6.42 Å². The van der Waals surface area contributed by atoms with Crippen LogP contribution in [0.3, 0.4) is 0 Å². The molecule has 0 spiro atoms. The molecule has 16 heavy (non-hydrogen) atoms. The van der Waals surface area contributed by atoms with Crippen LogP contribution in [0, 0.1) is 6.92 Å². The number of hydrogen-bond acceptors (Lipinski definition) is 1. The molecule has 0 aliphatic heterocycles. The molecule has 3 rings (SSSR count). The highest BCUT2D eigenvalue weighted by atomic mass is 15.0. The zero-order valence-electron chi connectivity index (χ0n) is 9.95. The molecule has 0 radical (unpaired) electrons. The van der Waals surface area contributed by atoms with Crippen LogP contribution in [0.15, 0.2) is 18.2 Å². The fourth-order valence-electron chi connectivity index (χ4n) is 3.28. The number of allylic oxidation sites excluding steroid dienone is 2. The summed E-state index contributed by atoms with van der Waals surface area (Å²) in [6, 6.07) is 3.25. The third-order valence-electron chi connectivity index (χ3n) is 4.04. The molecular formula is C14H20N2. The second-order valence-electron chi connectivity index (χ2n) is 5.15. The fourth-order valence-corrected chi connectivity index (χ4v) is 3.28. The molecule has 1 unspecified atom stereocenters. The van der Waals surface area contributed by atoms with Crippen molar-refractivity contribution in [2.24, 2.45) is 5.73 Å². The third kappa shape index (κ3) is 1.44. The molecule has 0 bridgehead atoms. The second-order valence-corrected chi connectivity index (χ2v) is 5.15. The number of nitrogens with two attached hydrogens (primary N) is 1. The van der Waals surface area contributed by atoms with Crippen LogP contribution < -0.4 is 5.73 Å². The SMILES string of the molecule is Cc1cc2c(n1C1CC=CC1)CCCC2N. The monoisotopic (exact) mass is 216 g/mol. The Bertz CT molecular complexity index is 420. The third-order valence-corrected chi connectivity index (χ3v) is 4.04. The van der Waals surface area contributed by atoms with E-state index in [4.69, 9.17) is 5.73 Å². The number of rotatable bonds is 1. The Kier molecular flexibility index (Phi) is 2.40. The van der Waals surface area contributed by atoms with Gasteiger partial charge in [-0.25, -0.2) is 0 Å². The average Bonchev–Trinajstić information content (AvgIpc) is 2.85. The van der Waals surface area contributed by atoms with Crippen molar-refractivity contribution >= 4 is 0 Å². The van der Waals surface area contributed by atoms with E-state index in [-0.39, 0.29) is 6.04 Å². The second kappa shape index (κ2) is 3.77. The van der Waals surface area contributed by atoms with Crippen LogP contribution in [-0.4, -0.2) is 4.57 Å². The van der Waals surface area contributed by atoms with Gasteiger partial charge in [0.2, 0.25) is 0 Å². The zero-order valence-corrected chi connectivity index (χ0v) is 9.95. The Hall–Kier alpha value is -1.02. The van der Waals surface area contributed by atoms with Crippen molar-refractivity contribution in [1.29, 1.82) is 0 Å². The van der Waals surface area contributed by atoms with E-state index >= 15 is 0 Å². The van der Waals surface area contributed by atoms with Crippen LogP contribution in [0.5, 0.6) is 0 Å². The molecule has 2 heteroatoms. The Morgan fingerprint density at radius 2 is 2.06 bits per heavy atom. The van der Waals surface area contributed by atoms with E-state index in [9.17, 15) is 0 Å². The Morgan fingerprint density at radius 3 is 2.81 bits per heavy atom. The summed E-state index contributed by atoms with van der Waals surface area (Å²) in [7, 11) is 0. The molecule has 0 fully saturated rings. The molecule has 2 N–H and O–H groups in total. The predicted molar refractivity (Wildman–Crippen MR) is 66.4 cm³/mol. The first-order chi connectivity index (χ1) is 7.77. The maximum atomic E-state index is 6.20. The summed E-state index contributed by atoms with van der Waals surface area (Å²) in [4.78, 5) is 0. The molecule has 2 nitrogen and oxygen atoms in total. The zero-order chi connectivity index (χ0) is 11.1. The van der Waals surface area contributed by atoms with E-state index in [1.807, 2.05) is 0 Å². The van der Waals surface area contributed by atoms with E-state index in [2.05, 4.69) is 29.7 Å². The first kappa shape index (κ1) is 10.2. The predicted octanol–water partition coefficient (Wildman–Crippen LogP) is 3.02. The van der Waals surface area contributed by atoms with Gasteiger partial charge in [0.25, 0.3) is 0 Å². The molecule has 0 saturated heterocycles. The standard InChI is InChI=1S/C14H20N2/c1-10-9-12-13(15)7-4-8-14(12)16(10)11-5-2-3-6-11/h2-3,9,11,13H,4-8,15H2,1H3. The number of aromatic nitrogens is 1. The average molecular weight is 216 g/mol. The summed E-state index contributed by atoms with van der Waals surface area (Å²) in [5.74, 6) is 0. The molecule has 1 aromatic rings. The van der Waals surface area contributed by atoms with E-state index in [1.54, 1.807) is 0 Å². The van der Waals surface area contributed by atoms with Gasteiger partial charge in [-0.05, 0) is 50.7 Å². The highest BCUT2D eigenvalue weighted by molar-refractivity contribution is 5.33. The summed E-state index contributed by atoms with van der Waals surface area (Å²) in [6.45, 7) is 2.23. The van der Waals surface area contributed by atoms with Crippen molar-refractivity contribution < 1.29 is 0 Å². The molecule has 2 aliphatic carbocycles. The van der Waals surface area contributed by atoms with Gasteiger partial charge >= 0.3 is 0 Å². The number of nitrogens with zero attached hydrogens (tertiary/aromatic N) is 1. The maximum Gasteiger partial charge on any atom is 0.0404 e. The van der Waals surface area contributed by atoms with Crippen LogP contribution in [0.1, 0.15) is 54.7 Å². The van der Waals surface area contributed by atoms with Gasteiger partial charge in [0.05, 0.1) is 0 Å². The Morgan fingerprint density at radius 1 is 1.31 bits per heavy atom. The summed E-state index contributed by atoms with van der Waals surface area (Å²) in [5, 5.41) is 0. The molecule has 0 aromatic carbocycles. The molecule has 1 heterocycles. The molecule has 0 saturated carbocycles. The van der Waals surface area contributed by atoms with Crippen molar-refractivity contribution in [1.82, 2.24) is 4.57 Å². The smallest absolute Gasteiger partial charge is 0.0404 e. The van der Waals surface area contributed by atoms with Gasteiger partial charge in [-0.3, -0.25) is 0 Å². The summed E-state index contributed by atoms with van der Waals surface area (Å²) < 4.78 is 2.55. The Balaban J connectivity index is 2.04. The summed E-state index contributed by atoms with van der Waals surface area (Å²) >= 11 is 0. The lowest BCUT2D eigenvalue weighted by atomic mass is 9.93. The van der Waals surface area contributed by atoms with Gasteiger partial charge in [0.15, 0.2) is 0 Å². The summed E-state index contributed by atoms with van der Waals surface area (Å²) in [5.41, 5.74) is 10.5. The molecule has 1 aromatic heterocycles. The van der Waals surface area contributed by atoms with Gasteiger partial charge < -0.3 is 10.3 Å². The van der Waals surface area contributed by atoms with E-state index in [0.29, 0.717) is 6.04 Å². The highest BCUT2D eigenvalue weighted by Gasteiger charge is 2.25. The van der Waals surface area contributed by atoms with Crippen molar-refractivity contribution in [2.45, 2.75) is 51.1 Å². The highest BCUT2D eigenvalue weighted by Crippen LogP contribution is 2.35. The Labute approximate surface area is 97.1 Å². The van der Waals surface area contributed by atoms with Gasteiger partial charge in [0, 0.05) is 23.5 Å². The maximum absolute atomic E-state index is 6.20. The minimum atomic E-state index is 0.276. The number of fused-ring (bicyclic) bond motifs is 1. The topological polar surface area (TPSA) is 30.9 Å². The molecule has 86 valence electrons. The lowest BCUT2D eigenvalue weighted by Gasteiger charge is -2.24. The van der Waals surface area contributed by atoms with Crippen molar-refractivity contribution in [2.75, 3.05) is 0 Å². The van der Waals surface area contributed by atoms with Crippen molar-refractivity contribution in [3.63, 3.8) is 0 Å². The minimum Gasteiger partial charge on any atom is -0.345 e. The van der Waals surface area contributed by atoms with Gasteiger partial charge in [-0.2, -0.15) is 0 Å².